The highest BCUT2D eigenvalue weighted by molar-refractivity contribution is 9.10. The second-order valence-corrected chi connectivity index (χ2v) is 7.97. The highest BCUT2D eigenvalue weighted by atomic mass is 79.9. The maximum absolute atomic E-state index is 13.4. The minimum Gasteiger partial charge on any atom is -0.451 e. The van der Waals surface area contributed by atoms with Gasteiger partial charge in [0.25, 0.3) is 5.91 Å². The number of rotatable bonds is 2. The van der Waals surface area contributed by atoms with E-state index in [1.165, 1.54) is 23.1 Å². The molecule has 1 aromatic heterocycles. The van der Waals surface area contributed by atoms with Crippen LogP contribution in [-0.4, -0.2) is 37.0 Å². The lowest BCUT2D eigenvalue weighted by molar-refractivity contribution is -0.137. The van der Waals surface area contributed by atoms with Crippen LogP contribution in [0.5, 0.6) is 0 Å². The van der Waals surface area contributed by atoms with E-state index < -0.39 is 28.9 Å². The van der Waals surface area contributed by atoms with Crippen LogP contribution < -0.4 is 10.3 Å². The summed E-state index contributed by atoms with van der Waals surface area (Å²) in [5.41, 5.74) is -1.18. The number of piperazine rings is 1. The third kappa shape index (κ3) is 4.30. The lowest BCUT2D eigenvalue weighted by Crippen LogP contribution is -2.49. The predicted molar refractivity (Wildman–Crippen MR) is 110 cm³/mol. The minimum absolute atomic E-state index is 0.0243. The summed E-state index contributed by atoms with van der Waals surface area (Å²) >= 11 is 3.07. The van der Waals surface area contributed by atoms with Gasteiger partial charge in [-0.25, -0.2) is 4.39 Å². The van der Waals surface area contributed by atoms with Gasteiger partial charge in [-0.3, -0.25) is 9.59 Å². The van der Waals surface area contributed by atoms with Crippen LogP contribution in [0.1, 0.15) is 16.1 Å². The van der Waals surface area contributed by atoms with Crippen molar-refractivity contribution < 1.29 is 26.8 Å². The number of carbonyl (C=O) groups excluding carboxylic acids is 1. The number of benzene rings is 2. The first-order valence-electron chi connectivity index (χ1n) is 9.28. The zero-order chi connectivity index (χ0) is 22.3. The maximum Gasteiger partial charge on any atom is 0.418 e. The van der Waals surface area contributed by atoms with E-state index in [9.17, 15) is 27.2 Å². The Hall–Kier alpha value is -2.88. The van der Waals surface area contributed by atoms with E-state index in [0.717, 1.165) is 24.3 Å². The van der Waals surface area contributed by atoms with Crippen LogP contribution in [0.3, 0.4) is 0 Å². The molecule has 1 aliphatic heterocycles. The molecule has 5 nitrogen and oxygen atoms in total. The molecule has 0 radical (unpaired) electrons. The van der Waals surface area contributed by atoms with Gasteiger partial charge in [0.15, 0.2) is 11.2 Å². The first-order valence-corrected chi connectivity index (χ1v) is 10.1. The summed E-state index contributed by atoms with van der Waals surface area (Å²) in [5.74, 6) is -1.34. The molecule has 1 saturated heterocycles. The van der Waals surface area contributed by atoms with Gasteiger partial charge in [-0.1, -0.05) is 15.9 Å². The Morgan fingerprint density at radius 2 is 1.71 bits per heavy atom. The number of alkyl halides is 3. The van der Waals surface area contributed by atoms with E-state index >= 15 is 0 Å². The van der Waals surface area contributed by atoms with Gasteiger partial charge in [0.1, 0.15) is 11.4 Å². The van der Waals surface area contributed by atoms with Crippen LogP contribution in [0.4, 0.5) is 23.2 Å². The second kappa shape index (κ2) is 7.99. The normalized spacial score (nSPS) is 14.9. The molecular formula is C21H15BrF4N2O3. The summed E-state index contributed by atoms with van der Waals surface area (Å²) in [6.07, 6.45) is -4.51. The Labute approximate surface area is 182 Å². The van der Waals surface area contributed by atoms with E-state index in [1.807, 2.05) is 0 Å². The number of hydrogen-bond acceptors (Lipinski definition) is 4. The first-order chi connectivity index (χ1) is 14.6. The molecule has 0 bridgehead atoms. The van der Waals surface area contributed by atoms with Gasteiger partial charge < -0.3 is 14.2 Å². The fraction of sp³-hybridized carbons (Fsp3) is 0.238. The SMILES string of the molecule is O=C(c1cc(=O)c2cc(F)ccc2o1)N1CCN(c2ccc(Br)cc2C(F)(F)F)CC1. The van der Waals surface area contributed by atoms with Crippen LogP contribution in [0.2, 0.25) is 0 Å². The maximum atomic E-state index is 13.4. The molecule has 0 saturated carbocycles. The largest absolute Gasteiger partial charge is 0.451 e. The number of carbonyl (C=O) groups is 1. The number of nitrogens with zero attached hydrogens (tertiary/aromatic N) is 2. The molecule has 0 unspecified atom stereocenters. The smallest absolute Gasteiger partial charge is 0.418 e. The number of fused-ring (bicyclic) bond motifs is 1. The Bertz CT molecular complexity index is 1220. The predicted octanol–water partition coefficient (Wildman–Crippen LogP) is 4.68. The molecule has 10 heteroatoms. The Morgan fingerprint density at radius 3 is 2.39 bits per heavy atom. The quantitative estimate of drug-likeness (QED) is 0.481. The summed E-state index contributed by atoms with van der Waals surface area (Å²) in [6.45, 7) is 0.660. The van der Waals surface area contributed by atoms with Crippen LogP contribution in [-0.2, 0) is 6.18 Å². The van der Waals surface area contributed by atoms with Gasteiger partial charge in [-0.15, -0.1) is 0 Å². The Balaban J connectivity index is 1.53. The van der Waals surface area contributed by atoms with Crippen molar-refractivity contribution in [3.63, 3.8) is 0 Å². The van der Waals surface area contributed by atoms with Gasteiger partial charge in [0.05, 0.1) is 10.9 Å². The van der Waals surface area contributed by atoms with E-state index in [0.29, 0.717) is 4.47 Å². The lowest BCUT2D eigenvalue weighted by Gasteiger charge is -2.37. The topological polar surface area (TPSA) is 53.8 Å². The molecule has 1 fully saturated rings. The van der Waals surface area contributed by atoms with Crippen molar-refractivity contribution >= 4 is 38.5 Å². The molecule has 0 atom stereocenters. The third-order valence-corrected chi connectivity index (χ3v) is 5.56. The monoisotopic (exact) mass is 498 g/mol. The lowest BCUT2D eigenvalue weighted by atomic mass is 10.1. The zero-order valence-electron chi connectivity index (χ0n) is 15.9. The average Bonchev–Trinajstić information content (AvgIpc) is 2.73. The van der Waals surface area contributed by atoms with E-state index in [1.54, 1.807) is 4.90 Å². The molecule has 0 spiro atoms. The van der Waals surface area contributed by atoms with Crippen LogP contribution in [0.15, 0.2) is 56.1 Å². The second-order valence-electron chi connectivity index (χ2n) is 7.05. The van der Waals surface area contributed by atoms with Crippen molar-refractivity contribution in [2.75, 3.05) is 31.1 Å². The molecule has 0 aliphatic carbocycles. The van der Waals surface area contributed by atoms with Crippen LogP contribution in [0, 0.1) is 5.82 Å². The van der Waals surface area contributed by atoms with Crippen molar-refractivity contribution in [2.24, 2.45) is 0 Å². The van der Waals surface area contributed by atoms with Gasteiger partial charge in [-0.2, -0.15) is 13.2 Å². The van der Waals surface area contributed by atoms with E-state index in [-0.39, 0.29) is 48.6 Å². The zero-order valence-corrected chi connectivity index (χ0v) is 17.5. The molecule has 2 heterocycles. The summed E-state index contributed by atoms with van der Waals surface area (Å²) in [6, 6.07) is 8.39. The number of hydrogen-bond donors (Lipinski definition) is 0. The van der Waals surface area contributed by atoms with Crippen molar-refractivity contribution in [2.45, 2.75) is 6.18 Å². The molecule has 4 rings (SSSR count). The standard InChI is InChI=1S/C21H15BrF4N2O3/c22-12-1-3-16(15(9-12)21(24,25)26)27-5-7-28(8-6-27)20(30)19-11-17(29)14-10-13(23)2-4-18(14)31-19/h1-4,9-11H,5-8H2. The molecule has 3 aromatic rings. The van der Waals surface area contributed by atoms with Crippen molar-refractivity contribution in [3.05, 3.63) is 74.3 Å². The molecule has 2 aromatic carbocycles. The van der Waals surface area contributed by atoms with Gasteiger partial charge in [-0.05, 0) is 36.4 Å². The average molecular weight is 499 g/mol. The highest BCUT2D eigenvalue weighted by Gasteiger charge is 2.36. The molecular weight excluding hydrogens is 484 g/mol. The number of anilines is 1. The van der Waals surface area contributed by atoms with Crippen LogP contribution in [0.25, 0.3) is 11.0 Å². The van der Waals surface area contributed by atoms with Gasteiger partial charge in [0.2, 0.25) is 0 Å². The molecule has 31 heavy (non-hydrogen) atoms. The number of amides is 1. The van der Waals surface area contributed by atoms with Crippen molar-refractivity contribution in [1.29, 1.82) is 0 Å². The molecule has 1 aliphatic rings. The summed E-state index contributed by atoms with van der Waals surface area (Å²) in [5, 5.41) is 0.0243. The van der Waals surface area contributed by atoms with Crippen LogP contribution >= 0.6 is 15.9 Å². The Morgan fingerprint density at radius 1 is 1.00 bits per heavy atom. The highest BCUT2D eigenvalue weighted by Crippen LogP contribution is 2.38. The van der Waals surface area contributed by atoms with E-state index in [4.69, 9.17) is 4.42 Å². The molecule has 0 N–H and O–H groups in total. The van der Waals surface area contributed by atoms with Crippen molar-refractivity contribution in [3.8, 4) is 0 Å². The fourth-order valence-corrected chi connectivity index (χ4v) is 3.91. The summed E-state index contributed by atoms with van der Waals surface area (Å²) < 4.78 is 59.4. The minimum atomic E-state index is -4.51. The first kappa shape index (κ1) is 21.4. The Kier molecular flexibility index (Phi) is 5.50. The van der Waals surface area contributed by atoms with Gasteiger partial charge in [0, 0.05) is 42.4 Å². The van der Waals surface area contributed by atoms with E-state index in [2.05, 4.69) is 15.9 Å². The van der Waals surface area contributed by atoms with Gasteiger partial charge >= 0.3 is 6.18 Å². The van der Waals surface area contributed by atoms with Crippen molar-refractivity contribution in [1.82, 2.24) is 4.90 Å². The fourth-order valence-electron chi connectivity index (χ4n) is 3.55. The molecule has 1 amide bonds. The third-order valence-electron chi connectivity index (χ3n) is 5.07. The number of halogens is 5. The summed E-state index contributed by atoms with van der Waals surface area (Å²) in [4.78, 5) is 28.0. The molecule has 162 valence electrons. The summed E-state index contributed by atoms with van der Waals surface area (Å²) in [7, 11) is 0.